The fourth-order valence-electron chi connectivity index (χ4n) is 2.25. The quantitative estimate of drug-likeness (QED) is 0.482. The molecule has 0 atom stereocenters. The van der Waals surface area contributed by atoms with Gasteiger partial charge in [-0.3, -0.25) is 4.79 Å². The monoisotopic (exact) mass is 300 g/mol. The average molecular weight is 300 g/mol. The molecule has 0 saturated heterocycles. The summed E-state index contributed by atoms with van der Waals surface area (Å²) >= 11 is 0. The molecule has 0 unspecified atom stereocenters. The van der Waals surface area contributed by atoms with Gasteiger partial charge in [0, 0.05) is 17.0 Å². The van der Waals surface area contributed by atoms with Crippen molar-refractivity contribution in [2.75, 3.05) is 13.2 Å². The van der Waals surface area contributed by atoms with Crippen LogP contribution in [0.15, 0.2) is 30.3 Å². The van der Waals surface area contributed by atoms with Crippen molar-refractivity contribution < 1.29 is 14.3 Å². The molecular formula is C19H24O3. The first-order chi connectivity index (χ1) is 10.8. The minimum atomic E-state index is 0.660. The lowest BCUT2D eigenvalue weighted by molar-refractivity contribution is 0.112. The number of ether oxygens (including phenoxy) is 2. The van der Waals surface area contributed by atoms with E-state index in [-0.39, 0.29) is 0 Å². The summed E-state index contributed by atoms with van der Waals surface area (Å²) in [6.07, 6.45) is 5.10. The predicted octanol–water partition coefficient (Wildman–Crippen LogP) is 5.01. The number of aldehydes is 1. The van der Waals surface area contributed by atoms with Crippen LogP contribution >= 0.6 is 0 Å². The van der Waals surface area contributed by atoms with E-state index >= 15 is 0 Å². The molecule has 0 N–H and O–H groups in total. The Morgan fingerprint density at radius 3 is 2.36 bits per heavy atom. The van der Waals surface area contributed by atoms with E-state index in [9.17, 15) is 4.79 Å². The molecule has 0 bridgehead atoms. The largest absolute Gasteiger partial charge is 0.493 e. The molecule has 3 nitrogen and oxygen atoms in total. The normalized spacial score (nSPS) is 10.6. The van der Waals surface area contributed by atoms with Gasteiger partial charge in [-0.1, -0.05) is 38.8 Å². The summed E-state index contributed by atoms with van der Waals surface area (Å²) in [7, 11) is 0. The van der Waals surface area contributed by atoms with Crippen LogP contribution in [0.5, 0.6) is 11.5 Å². The van der Waals surface area contributed by atoms with Crippen LogP contribution in [0, 0.1) is 0 Å². The zero-order chi connectivity index (χ0) is 15.8. The lowest BCUT2D eigenvalue weighted by Crippen LogP contribution is -2.00. The van der Waals surface area contributed by atoms with Gasteiger partial charge in [0.25, 0.3) is 0 Å². The van der Waals surface area contributed by atoms with E-state index < -0.39 is 0 Å². The first-order valence-electron chi connectivity index (χ1n) is 8.07. The zero-order valence-electron chi connectivity index (χ0n) is 13.4. The van der Waals surface area contributed by atoms with Crippen molar-refractivity contribution in [3.63, 3.8) is 0 Å². The van der Waals surface area contributed by atoms with Crippen LogP contribution < -0.4 is 9.47 Å². The maximum atomic E-state index is 11.0. The molecule has 0 fully saturated rings. The van der Waals surface area contributed by atoms with E-state index in [4.69, 9.17) is 9.47 Å². The Hall–Kier alpha value is -2.03. The fraction of sp³-hybridized carbons (Fsp3) is 0.421. The maximum absolute atomic E-state index is 11.0. The Morgan fingerprint density at radius 2 is 1.68 bits per heavy atom. The third kappa shape index (κ3) is 4.23. The molecular weight excluding hydrogens is 276 g/mol. The van der Waals surface area contributed by atoms with Crippen molar-refractivity contribution in [2.45, 2.75) is 39.5 Å². The van der Waals surface area contributed by atoms with Crippen molar-refractivity contribution in [3.8, 4) is 11.5 Å². The molecule has 2 rings (SSSR count). The summed E-state index contributed by atoms with van der Waals surface area (Å²) in [5, 5.41) is 2.00. The molecule has 0 aromatic heterocycles. The van der Waals surface area contributed by atoms with Gasteiger partial charge in [-0.05, 0) is 30.4 Å². The molecule has 0 aliphatic rings. The number of carbonyl (C=O) groups excluding carboxylic acids is 1. The van der Waals surface area contributed by atoms with Gasteiger partial charge in [0.15, 0.2) is 0 Å². The number of rotatable bonds is 9. The van der Waals surface area contributed by atoms with Gasteiger partial charge in [0.2, 0.25) is 0 Å². The number of hydrogen-bond donors (Lipinski definition) is 0. The van der Waals surface area contributed by atoms with Crippen molar-refractivity contribution >= 4 is 17.1 Å². The van der Waals surface area contributed by atoms with Gasteiger partial charge >= 0.3 is 0 Å². The van der Waals surface area contributed by atoms with Crippen LogP contribution in [0.1, 0.15) is 49.9 Å². The smallest absolute Gasteiger partial charge is 0.150 e. The van der Waals surface area contributed by atoms with Crippen LogP contribution in [0.25, 0.3) is 10.8 Å². The number of benzene rings is 2. The van der Waals surface area contributed by atoms with E-state index in [0.29, 0.717) is 18.8 Å². The van der Waals surface area contributed by atoms with Crippen LogP contribution in [0.3, 0.4) is 0 Å². The Kier molecular flexibility index (Phi) is 6.26. The standard InChI is InChI=1S/C19H24O3/c1-3-5-9-21-17-12-16-8-7-15(14-20)11-18(16)19(13-17)22-10-6-4-2/h7-8,11-14H,3-6,9-10H2,1-2H3. The number of hydrogen-bond acceptors (Lipinski definition) is 3. The van der Waals surface area contributed by atoms with E-state index in [1.54, 1.807) is 0 Å². The summed E-state index contributed by atoms with van der Waals surface area (Å²) in [5.41, 5.74) is 0.660. The van der Waals surface area contributed by atoms with Crippen LogP contribution in [-0.2, 0) is 0 Å². The molecule has 118 valence electrons. The molecule has 2 aromatic carbocycles. The Balaban J connectivity index is 2.32. The van der Waals surface area contributed by atoms with Crippen molar-refractivity contribution in [1.82, 2.24) is 0 Å². The maximum Gasteiger partial charge on any atom is 0.150 e. The third-order valence-electron chi connectivity index (χ3n) is 3.57. The molecule has 0 aliphatic heterocycles. The predicted molar refractivity (Wildman–Crippen MR) is 90.1 cm³/mol. The Labute approximate surface area is 132 Å². The molecule has 0 heterocycles. The molecule has 0 aliphatic carbocycles. The lowest BCUT2D eigenvalue weighted by Gasteiger charge is -2.13. The highest BCUT2D eigenvalue weighted by atomic mass is 16.5. The second-order valence-corrected chi connectivity index (χ2v) is 5.42. The Morgan fingerprint density at radius 1 is 0.955 bits per heavy atom. The van der Waals surface area contributed by atoms with E-state index in [2.05, 4.69) is 13.8 Å². The summed E-state index contributed by atoms with van der Waals surface area (Å²) in [6.45, 7) is 5.67. The van der Waals surface area contributed by atoms with Gasteiger partial charge in [0.1, 0.15) is 17.8 Å². The highest BCUT2D eigenvalue weighted by Crippen LogP contribution is 2.32. The minimum Gasteiger partial charge on any atom is -0.493 e. The van der Waals surface area contributed by atoms with E-state index in [1.807, 2.05) is 30.3 Å². The fourth-order valence-corrected chi connectivity index (χ4v) is 2.25. The van der Waals surface area contributed by atoms with Crippen LogP contribution in [0.2, 0.25) is 0 Å². The summed E-state index contributed by atoms with van der Waals surface area (Å²) in [4.78, 5) is 11.0. The molecule has 0 spiro atoms. The number of fused-ring (bicyclic) bond motifs is 1. The number of unbranched alkanes of at least 4 members (excludes halogenated alkanes) is 2. The van der Waals surface area contributed by atoms with E-state index in [0.717, 1.165) is 54.2 Å². The third-order valence-corrected chi connectivity index (χ3v) is 3.57. The first kappa shape index (κ1) is 16.3. The number of carbonyl (C=O) groups is 1. The Bertz CT molecular complexity index is 619. The van der Waals surface area contributed by atoms with Gasteiger partial charge in [-0.15, -0.1) is 0 Å². The van der Waals surface area contributed by atoms with Crippen LogP contribution in [0.4, 0.5) is 0 Å². The highest BCUT2D eigenvalue weighted by molar-refractivity contribution is 5.94. The summed E-state index contributed by atoms with van der Waals surface area (Å²) < 4.78 is 11.7. The van der Waals surface area contributed by atoms with Gasteiger partial charge in [-0.2, -0.15) is 0 Å². The lowest BCUT2D eigenvalue weighted by atomic mass is 10.1. The second-order valence-electron chi connectivity index (χ2n) is 5.42. The molecule has 0 amide bonds. The highest BCUT2D eigenvalue weighted by Gasteiger charge is 2.08. The topological polar surface area (TPSA) is 35.5 Å². The first-order valence-corrected chi connectivity index (χ1v) is 8.07. The summed E-state index contributed by atoms with van der Waals surface area (Å²) in [6, 6.07) is 9.58. The molecule has 3 heteroatoms. The van der Waals surface area contributed by atoms with Gasteiger partial charge < -0.3 is 9.47 Å². The second kappa shape index (κ2) is 8.42. The molecule has 22 heavy (non-hydrogen) atoms. The molecule has 2 aromatic rings. The minimum absolute atomic E-state index is 0.660. The van der Waals surface area contributed by atoms with Crippen molar-refractivity contribution in [3.05, 3.63) is 35.9 Å². The van der Waals surface area contributed by atoms with Crippen molar-refractivity contribution in [1.29, 1.82) is 0 Å². The summed E-state index contributed by atoms with van der Waals surface area (Å²) in [5.74, 6) is 1.62. The SMILES string of the molecule is CCCCOc1cc(OCCCC)c2cc(C=O)ccc2c1. The zero-order valence-corrected chi connectivity index (χ0v) is 13.4. The average Bonchev–Trinajstić information content (AvgIpc) is 2.55. The van der Waals surface area contributed by atoms with Crippen molar-refractivity contribution in [2.24, 2.45) is 0 Å². The molecule has 0 saturated carbocycles. The molecule has 0 radical (unpaired) electrons. The van der Waals surface area contributed by atoms with Crippen LogP contribution in [-0.4, -0.2) is 19.5 Å². The van der Waals surface area contributed by atoms with Gasteiger partial charge in [0.05, 0.1) is 13.2 Å². The van der Waals surface area contributed by atoms with E-state index in [1.165, 1.54) is 0 Å². The van der Waals surface area contributed by atoms with Gasteiger partial charge in [-0.25, -0.2) is 0 Å².